The Morgan fingerprint density at radius 3 is 1.78 bits per heavy atom. The first-order chi connectivity index (χ1) is 15.1. The molecule has 0 spiro atoms. The minimum atomic E-state index is -1.22. The van der Waals surface area contributed by atoms with Crippen LogP contribution in [0.5, 0.6) is 0 Å². The average molecular weight is 437 g/mol. The summed E-state index contributed by atoms with van der Waals surface area (Å²) in [4.78, 5) is 37.6. The van der Waals surface area contributed by atoms with Gasteiger partial charge in [-0.1, -0.05) is 69.3 Å². The van der Waals surface area contributed by atoms with Gasteiger partial charge in [0.1, 0.15) is 18.7 Å². The molecule has 0 aromatic heterocycles. The van der Waals surface area contributed by atoms with Gasteiger partial charge < -0.3 is 14.9 Å². The zero-order valence-corrected chi connectivity index (χ0v) is 18.3. The summed E-state index contributed by atoms with van der Waals surface area (Å²) in [6.07, 6.45) is -0.537. The lowest BCUT2D eigenvalue weighted by Crippen LogP contribution is -2.71. The molecule has 1 saturated heterocycles. The van der Waals surface area contributed by atoms with E-state index in [1.165, 1.54) is 0 Å². The number of carbonyl (C=O) groups excluding carboxylic acids is 1. The van der Waals surface area contributed by atoms with Crippen LogP contribution in [0.4, 0.5) is 4.79 Å². The number of benzene rings is 2. The highest BCUT2D eigenvalue weighted by molar-refractivity contribution is 5.90. The summed E-state index contributed by atoms with van der Waals surface area (Å²) in [5.74, 6) is -3.30. The molecule has 1 aliphatic carbocycles. The summed E-state index contributed by atoms with van der Waals surface area (Å²) in [5.41, 5.74) is 3.93. The van der Waals surface area contributed by atoms with Gasteiger partial charge in [0, 0.05) is 11.8 Å². The predicted molar refractivity (Wildman–Crippen MR) is 117 cm³/mol. The van der Waals surface area contributed by atoms with Crippen molar-refractivity contribution in [3.63, 3.8) is 0 Å². The number of likely N-dealkylation sites (tertiary alicyclic amines) is 1. The lowest BCUT2D eigenvalue weighted by Gasteiger charge is -2.51. The van der Waals surface area contributed by atoms with Crippen LogP contribution < -0.4 is 0 Å². The number of carboxylic acids is 2. The Balaban J connectivity index is 1.55. The first kappa shape index (κ1) is 21.9. The third-order valence-corrected chi connectivity index (χ3v) is 6.31. The molecule has 2 aromatic carbocycles. The Morgan fingerprint density at radius 1 is 0.875 bits per heavy atom. The molecule has 32 heavy (non-hydrogen) atoms. The Hall–Kier alpha value is -3.35. The van der Waals surface area contributed by atoms with Crippen molar-refractivity contribution in [3.8, 4) is 11.1 Å². The Morgan fingerprint density at radius 2 is 1.34 bits per heavy atom. The van der Waals surface area contributed by atoms with Crippen molar-refractivity contribution in [1.82, 2.24) is 4.90 Å². The van der Waals surface area contributed by atoms with E-state index in [0.29, 0.717) is 6.42 Å². The first-order valence-electron chi connectivity index (χ1n) is 10.7. The highest BCUT2D eigenvalue weighted by Crippen LogP contribution is 2.45. The van der Waals surface area contributed by atoms with Crippen LogP contribution in [0, 0.1) is 11.3 Å². The molecular weight excluding hydrogens is 410 g/mol. The van der Waals surface area contributed by atoms with Crippen molar-refractivity contribution in [2.75, 3.05) is 6.61 Å². The van der Waals surface area contributed by atoms with Crippen LogP contribution in [0.1, 0.15) is 44.2 Å². The van der Waals surface area contributed by atoms with E-state index < -0.39 is 36.0 Å². The number of amides is 1. The van der Waals surface area contributed by atoms with E-state index in [1.807, 2.05) is 69.3 Å². The van der Waals surface area contributed by atoms with Crippen LogP contribution >= 0.6 is 0 Å². The maximum atomic E-state index is 12.9. The van der Waals surface area contributed by atoms with Crippen molar-refractivity contribution >= 4 is 18.0 Å². The van der Waals surface area contributed by atoms with Gasteiger partial charge in [-0.3, -0.25) is 4.90 Å². The van der Waals surface area contributed by atoms with Gasteiger partial charge in [0.2, 0.25) is 0 Å². The normalized spacial score (nSPS) is 22.0. The smallest absolute Gasteiger partial charge is 0.411 e. The fraction of sp³-hybridized carbons (Fsp3) is 0.400. The van der Waals surface area contributed by atoms with Crippen LogP contribution in [0.2, 0.25) is 0 Å². The highest BCUT2D eigenvalue weighted by atomic mass is 16.6. The van der Waals surface area contributed by atoms with Crippen molar-refractivity contribution in [1.29, 1.82) is 0 Å². The Bertz CT molecular complexity index is 1000. The number of carboxylic acid groups (broad SMARTS) is 2. The van der Waals surface area contributed by atoms with Crippen LogP contribution in [0.15, 0.2) is 48.5 Å². The second-order valence-corrected chi connectivity index (χ2v) is 9.71. The molecule has 1 heterocycles. The minimum absolute atomic E-state index is 0.00593. The molecule has 2 N–H and O–H groups in total. The third kappa shape index (κ3) is 3.72. The van der Waals surface area contributed by atoms with E-state index in [1.54, 1.807) is 0 Å². The van der Waals surface area contributed by atoms with Crippen molar-refractivity contribution < 1.29 is 29.3 Å². The number of fused-ring (bicyclic) bond motifs is 3. The van der Waals surface area contributed by atoms with Gasteiger partial charge in [-0.15, -0.1) is 0 Å². The topological polar surface area (TPSA) is 104 Å². The molecule has 1 aliphatic heterocycles. The largest absolute Gasteiger partial charge is 0.480 e. The molecule has 3 atom stereocenters. The summed E-state index contributed by atoms with van der Waals surface area (Å²) < 4.78 is 5.54. The van der Waals surface area contributed by atoms with Gasteiger partial charge in [-0.25, -0.2) is 14.4 Å². The number of nitrogens with zero attached hydrogens (tertiary/aromatic N) is 1. The number of aliphatic carboxylic acids is 2. The van der Waals surface area contributed by atoms with Gasteiger partial charge in [-0.05, 0) is 34.1 Å². The summed E-state index contributed by atoms with van der Waals surface area (Å²) in [5, 5.41) is 19.4. The lowest BCUT2D eigenvalue weighted by atomic mass is 9.71. The summed E-state index contributed by atoms with van der Waals surface area (Å²) >= 11 is 0. The minimum Gasteiger partial charge on any atom is -0.480 e. The van der Waals surface area contributed by atoms with Gasteiger partial charge >= 0.3 is 18.0 Å². The lowest BCUT2D eigenvalue weighted by molar-refractivity contribution is -0.172. The molecule has 2 aliphatic rings. The molecule has 0 saturated carbocycles. The molecule has 1 amide bonds. The number of hydrogen-bond donors (Lipinski definition) is 2. The zero-order valence-electron chi connectivity index (χ0n) is 18.3. The number of hydrogen-bond acceptors (Lipinski definition) is 4. The average Bonchev–Trinajstić information content (AvgIpc) is 3.01. The molecule has 0 radical (unpaired) electrons. The van der Waals surface area contributed by atoms with E-state index in [4.69, 9.17) is 4.74 Å². The summed E-state index contributed by atoms with van der Waals surface area (Å²) in [7, 11) is 0. The molecular formula is C25H27NO6. The number of carbonyl (C=O) groups is 3. The second-order valence-electron chi connectivity index (χ2n) is 9.71. The Labute approximate surface area is 186 Å². The van der Waals surface area contributed by atoms with Gasteiger partial charge in [-0.2, -0.15) is 0 Å². The van der Waals surface area contributed by atoms with Crippen LogP contribution in [-0.2, 0) is 14.3 Å². The molecule has 4 rings (SSSR count). The van der Waals surface area contributed by atoms with E-state index in [-0.39, 0.29) is 17.9 Å². The summed E-state index contributed by atoms with van der Waals surface area (Å²) in [6, 6.07) is 13.3. The van der Waals surface area contributed by atoms with E-state index in [9.17, 15) is 24.6 Å². The zero-order chi connectivity index (χ0) is 23.2. The van der Waals surface area contributed by atoms with Crippen LogP contribution in [-0.4, -0.2) is 51.8 Å². The third-order valence-electron chi connectivity index (χ3n) is 6.31. The van der Waals surface area contributed by atoms with Crippen LogP contribution in [0.3, 0.4) is 0 Å². The molecule has 7 nitrogen and oxygen atoms in total. The van der Waals surface area contributed by atoms with E-state index in [2.05, 4.69) is 0 Å². The van der Waals surface area contributed by atoms with Gasteiger partial charge in [0.15, 0.2) is 0 Å². The van der Waals surface area contributed by atoms with Crippen molar-refractivity contribution in [2.45, 2.75) is 45.2 Å². The first-order valence-corrected chi connectivity index (χ1v) is 10.7. The maximum absolute atomic E-state index is 12.9. The maximum Gasteiger partial charge on any atom is 0.411 e. The van der Waals surface area contributed by atoms with E-state index >= 15 is 0 Å². The standard InChI is InChI=1S/C25H27NO6/c1-25(2,3)12-18-20(22(27)28)26(21(18)23(29)30)24(31)32-13-19-16-10-6-4-8-14(16)15-9-5-7-11-17(15)19/h4-11,18-21H,12-13H2,1-3H3,(H,27,28)(H,29,30)/t18?,20-,21?/m1/s1. The molecule has 2 aromatic rings. The molecule has 168 valence electrons. The molecule has 0 bridgehead atoms. The van der Waals surface area contributed by atoms with Crippen molar-refractivity contribution in [3.05, 3.63) is 59.7 Å². The quantitative estimate of drug-likeness (QED) is 0.726. The fourth-order valence-corrected chi connectivity index (χ4v) is 5.09. The van der Waals surface area contributed by atoms with Gasteiger partial charge in [0.25, 0.3) is 0 Å². The predicted octanol–water partition coefficient (Wildman–Crippen LogP) is 4.21. The van der Waals surface area contributed by atoms with Gasteiger partial charge in [0.05, 0.1) is 0 Å². The Kier molecular flexibility index (Phi) is 5.44. The molecule has 2 unspecified atom stereocenters. The monoisotopic (exact) mass is 437 g/mol. The van der Waals surface area contributed by atoms with Crippen molar-refractivity contribution in [2.24, 2.45) is 11.3 Å². The number of rotatable bonds is 5. The van der Waals surface area contributed by atoms with E-state index in [0.717, 1.165) is 27.2 Å². The molecule has 1 fully saturated rings. The molecule has 7 heteroatoms. The number of ether oxygens (including phenoxy) is 1. The highest BCUT2D eigenvalue weighted by Gasteiger charge is 2.59. The fourth-order valence-electron chi connectivity index (χ4n) is 5.09. The second kappa shape index (κ2) is 7.97. The summed E-state index contributed by atoms with van der Waals surface area (Å²) in [6.45, 7) is 5.76. The van der Waals surface area contributed by atoms with Crippen LogP contribution in [0.25, 0.3) is 11.1 Å². The SMILES string of the molecule is CC(C)(C)CC1C(C(=O)O)N(C(=O)OCC2c3ccccc3-c3ccccc32)[C@H]1C(=O)O.